The standard InChI is InChI=1S/C8H13NOS/c1-10-6-7(9)5-8-3-2-4-11-8/h2-4,7H,5-6,9H2,1H3. The van der Waals surface area contributed by atoms with Gasteiger partial charge >= 0.3 is 0 Å². The first kappa shape index (κ1) is 8.71. The van der Waals surface area contributed by atoms with E-state index < -0.39 is 0 Å². The molecule has 1 unspecified atom stereocenters. The summed E-state index contributed by atoms with van der Waals surface area (Å²) >= 11 is 1.74. The second kappa shape index (κ2) is 4.49. The van der Waals surface area contributed by atoms with Crippen LogP contribution in [0.4, 0.5) is 0 Å². The predicted molar refractivity (Wildman–Crippen MR) is 47.9 cm³/mol. The molecule has 0 spiro atoms. The zero-order valence-corrected chi connectivity index (χ0v) is 7.43. The van der Waals surface area contributed by atoms with E-state index in [1.165, 1.54) is 4.88 Å². The van der Waals surface area contributed by atoms with Gasteiger partial charge in [0.25, 0.3) is 0 Å². The summed E-state index contributed by atoms with van der Waals surface area (Å²) < 4.78 is 4.93. The molecule has 0 aromatic carbocycles. The molecule has 2 nitrogen and oxygen atoms in total. The quantitative estimate of drug-likeness (QED) is 0.740. The van der Waals surface area contributed by atoms with Crippen molar-refractivity contribution in [2.24, 2.45) is 5.73 Å². The minimum atomic E-state index is 0.138. The van der Waals surface area contributed by atoms with Gasteiger partial charge in [-0.05, 0) is 17.9 Å². The molecule has 1 aromatic heterocycles. The molecule has 1 heterocycles. The number of hydrogen-bond donors (Lipinski definition) is 1. The summed E-state index contributed by atoms with van der Waals surface area (Å²) in [6.07, 6.45) is 0.922. The smallest absolute Gasteiger partial charge is 0.0617 e. The SMILES string of the molecule is COCC(N)Cc1cccs1. The van der Waals surface area contributed by atoms with Crippen LogP contribution in [0.3, 0.4) is 0 Å². The van der Waals surface area contributed by atoms with Gasteiger partial charge in [0, 0.05) is 18.0 Å². The van der Waals surface area contributed by atoms with Crippen molar-refractivity contribution in [1.29, 1.82) is 0 Å². The van der Waals surface area contributed by atoms with Crippen molar-refractivity contribution in [3.8, 4) is 0 Å². The van der Waals surface area contributed by atoms with Crippen molar-refractivity contribution < 1.29 is 4.74 Å². The normalized spacial score (nSPS) is 13.3. The first-order chi connectivity index (χ1) is 5.33. The predicted octanol–water partition coefficient (Wildman–Crippen LogP) is 1.26. The highest BCUT2D eigenvalue weighted by atomic mass is 32.1. The summed E-state index contributed by atoms with van der Waals surface area (Å²) in [5, 5.41) is 2.06. The number of methoxy groups -OCH3 is 1. The fourth-order valence-electron chi connectivity index (χ4n) is 0.960. The van der Waals surface area contributed by atoms with Crippen molar-refractivity contribution in [3.05, 3.63) is 22.4 Å². The molecular weight excluding hydrogens is 158 g/mol. The highest BCUT2D eigenvalue weighted by Gasteiger charge is 2.02. The fraction of sp³-hybridized carbons (Fsp3) is 0.500. The molecule has 0 aliphatic rings. The molecule has 11 heavy (non-hydrogen) atoms. The van der Waals surface area contributed by atoms with Crippen molar-refractivity contribution in [2.75, 3.05) is 13.7 Å². The fourth-order valence-corrected chi connectivity index (χ4v) is 1.76. The average molecular weight is 171 g/mol. The van der Waals surface area contributed by atoms with Gasteiger partial charge in [-0.15, -0.1) is 11.3 Å². The molecule has 62 valence electrons. The van der Waals surface area contributed by atoms with Gasteiger partial charge in [-0.2, -0.15) is 0 Å². The third-order valence-corrected chi connectivity index (χ3v) is 2.32. The van der Waals surface area contributed by atoms with E-state index in [1.54, 1.807) is 18.4 Å². The van der Waals surface area contributed by atoms with Crippen LogP contribution in [0.1, 0.15) is 4.88 Å². The summed E-state index contributed by atoms with van der Waals surface area (Å²) in [5.74, 6) is 0. The third-order valence-electron chi connectivity index (χ3n) is 1.42. The Kier molecular flexibility index (Phi) is 3.56. The van der Waals surface area contributed by atoms with E-state index in [1.807, 2.05) is 6.07 Å². The van der Waals surface area contributed by atoms with E-state index in [2.05, 4.69) is 11.4 Å². The van der Waals surface area contributed by atoms with Crippen molar-refractivity contribution in [2.45, 2.75) is 12.5 Å². The summed E-state index contributed by atoms with van der Waals surface area (Å²) in [6.45, 7) is 0.637. The minimum absolute atomic E-state index is 0.138. The lowest BCUT2D eigenvalue weighted by Crippen LogP contribution is -2.27. The molecule has 2 N–H and O–H groups in total. The molecule has 0 saturated carbocycles. The van der Waals surface area contributed by atoms with E-state index in [9.17, 15) is 0 Å². The lowest BCUT2D eigenvalue weighted by atomic mass is 10.2. The highest BCUT2D eigenvalue weighted by Crippen LogP contribution is 2.10. The molecule has 1 rings (SSSR count). The van der Waals surface area contributed by atoms with Crippen molar-refractivity contribution in [3.63, 3.8) is 0 Å². The number of ether oxygens (including phenoxy) is 1. The van der Waals surface area contributed by atoms with E-state index in [-0.39, 0.29) is 6.04 Å². The van der Waals surface area contributed by atoms with Gasteiger partial charge in [0.1, 0.15) is 0 Å². The van der Waals surface area contributed by atoms with Crippen LogP contribution in [0.5, 0.6) is 0 Å². The number of thiophene rings is 1. The van der Waals surface area contributed by atoms with Crippen LogP contribution in [-0.2, 0) is 11.2 Å². The molecule has 1 aromatic rings. The largest absolute Gasteiger partial charge is 0.383 e. The maximum absolute atomic E-state index is 5.76. The topological polar surface area (TPSA) is 35.2 Å². The molecule has 0 aliphatic heterocycles. The number of hydrogen-bond acceptors (Lipinski definition) is 3. The Hall–Kier alpha value is -0.380. The molecule has 3 heteroatoms. The Morgan fingerprint density at radius 2 is 2.55 bits per heavy atom. The first-order valence-electron chi connectivity index (χ1n) is 3.60. The summed E-state index contributed by atoms with van der Waals surface area (Å²) in [7, 11) is 1.67. The van der Waals surface area contributed by atoms with Crippen LogP contribution in [-0.4, -0.2) is 19.8 Å². The zero-order valence-electron chi connectivity index (χ0n) is 6.62. The summed E-state index contributed by atoms with van der Waals surface area (Å²) in [5.41, 5.74) is 5.76. The average Bonchev–Trinajstić information content (AvgIpc) is 2.40. The van der Waals surface area contributed by atoms with Crippen LogP contribution < -0.4 is 5.73 Å². The maximum atomic E-state index is 5.76. The van der Waals surface area contributed by atoms with Gasteiger partial charge in [-0.1, -0.05) is 6.07 Å². The van der Waals surface area contributed by atoms with Gasteiger partial charge in [-0.3, -0.25) is 0 Å². The second-order valence-corrected chi connectivity index (χ2v) is 3.53. The van der Waals surface area contributed by atoms with Crippen LogP contribution >= 0.6 is 11.3 Å². The summed E-state index contributed by atoms with van der Waals surface area (Å²) in [4.78, 5) is 1.33. The van der Waals surface area contributed by atoms with Crippen LogP contribution in [0.2, 0.25) is 0 Å². The van der Waals surface area contributed by atoms with Crippen molar-refractivity contribution >= 4 is 11.3 Å². The second-order valence-electron chi connectivity index (χ2n) is 2.50. The molecule has 0 aliphatic carbocycles. The molecule has 0 radical (unpaired) electrons. The third kappa shape index (κ3) is 3.01. The van der Waals surface area contributed by atoms with E-state index in [0.717, 1.165) is 6.42 Å². The van der Waals surface area contributed by atoms with Gasteiger partial charge in [0.2, 0.25) is 0 Å². The minimum Gasteiger partial charge on any atom is -0.383 e. The molecule has 0 amide bonds. The van der Waals surface area contributed by atoms with Gasteiger partial charge in [-0.25, -0.2) is 0 Å². The molecule has 1 atom stereocenters. The van der Waals surface area contributed by atoms with Crippen LogP contribution in [0.25, 0.3) is 0 Å². The van der Waals surface area contributed by atoms with E-state index >= 15 is 0 Å². The van der Waals surface area contributed by atoms with Crippen molar-refractivity contribution in [1.82, 2.24) is 0 Å². The Labute approximate surface area is 71.0 Å². The molecule has 0 saturated heterocycles. The van der Waals surface area contributed by atoms with Crippen LogP contribution in [0, 0.1) is 0 Å². The van der Waals surface area contributed by atoms with Gasteiger partial charge < -0.3 is 10.5 Å². The molecule has 0 fully saturated rings. The Bertz CT molecular complexity index is 186. The van der Waals surface area contributed by atoms with Gasteiger partial charge in [0.05, 0.1) is 6.61 Å². The Morgan fingerprint density at radius 3 is 3.09 bits per heavy atom. The Morgan fingerprint density at radius 1 is 1.73 bits per heavy atom. The molecular formula is C8H13NOS. The summed E-state index contributed by atoms with van der Waals surface area (Å²) in [6, 6.07) is 4.28. The number of nitrogens with two attached hydrogens (primary N) is 1. The molecule has 0 bridgehead atoms. The van der Waals surface area contributed by atoms with E-state index in [0.29, 0.717) is 6.61 Å². The Balaban J connectivity index is 2.31. The first-order valence-corrected chi connectivity index (χ1v) is 4.48. The zero-order chi connectivity index (χ0) is 8.10. The lowest BCUT2D eigenvalue weighted by molar-refractivity contribution is 0.180. The lowest BCUT2D eigenvalue weighted by Gasteiger charge is -2.07. The van der Waals surface area contributed by atoms with Gasteiger partial charge in [0.15, 0.2) is 0 Å². The number of rotatable bonds is 4. The maximum Gasteiger partial charge on any atom is 0.0617 e. The highest BCUT2D eigenvalue weighted by molar-refractivity contribution is 7.09. The van der Waals surface area contributed by atoms with E-state index in [4.69, 9.17) is 10.5 Å². The monoisotopic (exact) mass is 171 g/mol. The van der Waals surface area contributed by atoms with Crippen LogP contribution in [0.15, 0.2) is 17.5 Å².